The largest absolute Gasteiger partial charge is 0.463 e. The first-order valence-electron chi connectivity index (χ1n) is 12.1. The highest BCUT2D eigenvalue weighted by molar-refractivity contribution is 5.89. The normalized spacial score (nSPS) is 10.7. The number of ether oxygens (including phenoxy) is 5. The third-order valence-corrected chi connectivity index (χ3v) is 4.66. The third kappa shape index (κ3) is 16.2. The van der Waals surface area contributed by atoms with Crippen LogP contribution in [0.15, 0.2) is 24.3 Å². The second-order valence-electron chi connectivity index (χ2n) is 7.51. The average Bonchev–Trinajstić information content (AvgIpc) is 2.82. The summed E-state index contributed by atoms with van der Waals surface area (Å²) >= 11 is 0. The highest BCUT2D eigenvalue weighted by Crippen LogP contribution is 2.10. The van der Waals surface area contributed by atoms with Crippen LogP contribution in [-0.2, 0) is 28.5 Å². The summed E-state index contributed by atoms with van der Waals surface area (Å²) in [5, 5.41) is 3.31. The molecule has 8 nitrogen and oxygen atoms in total. The van der Waals surface area contributed by atoms with E-state index in [4.69, 9.17) is 23.7 Å². The van der Waals surface area contributed by atoms with E-state index in [1.165, 1.54) is 0 Å². The number of unbranched alkanes of at least 4 members (excludes halogenated alkanes) is 3. The topological polar surface area (TPSA) is 92.3 Å². The Morgan fingerprint density at radius 3 is 1.82 bits per heavy atom. The van der Waals surface area contributed by atoms with Gasteiger partial charge in [-0.15, -0.1) is 0 Å². The van der Waals surface area contributed by atoms with Crippen molar-refractivity contribution in [3.63, 3.8) is 0 Å². The minimum Gasteiger partial charge on any atom is -0.463 e. The van der Waals surface area contributed by atoms with Gasteiger partial charge in [0.05, 0.1) is 45.2 Å². The lowest BCUT2D eigenvalue weighted by molar-refractivity contribution is -0.145. The van der Waals surface area contributed by atoms with Gasteiger partial charge in [-0.1, -0.05) is 33.1 Å². The molecule has 0 radical (unpaired) electrons. The molecule has 0 bridgehead atoms. The smallest absolute Gasteiger partial charge is 0.338 e. The van der Waals surface area contributed by atoms with Crippen molar-refractivity contribution in [1.82, 2.24) is 0 Å². The summed E-state index contributed by atoms with van der Waals surface area (Å²) in [5.41, 5.74) is 1.51. The minimum absolute atomic E-state index is 0.167. The molecule has 0 aromatic heterocycles. The number of esters is 2. The molecule has 1 aromatic carbocycles. The van der Waals surface area contributed by atoms with Gasteiger partial charge in [-0.05, 0) is 37.1 Å². The van der Waals surface area contributed by atoms with E-state index < -0.39 is 0 Å². The molecule has 33 heavy (non-hydrogen) atoms. The minimum atomic E-state index is -0.362. The zero-order valence-electron chi connectivity index (χ0n) is 20.3. The van der Waals surface area contributed by atoms with Crippen molar-refractivity contribution in [3.05, 3.63) is 29.8 Å². The number of hydrogen-bond donors (Lipinski definition) is 1. The summed E-state index contributed by atoms with van der Waals surface area (Å²) in [6.45, 7) is 8.00. The number of anilines is 1. The van der Waals surface area contributed by atoms with Gasteiger partial charge >= 0.3 is 11.9 Å². The molecule has 1 rings (SSSR count). The molecule has 0 aliphatic heterocycles. The van der Waals surface area contributed by atoms with E-state index in [-0.39, 0.29) is 25.2 Å². The summed E-state index contributed by atoms with van der Waals surface area (Å²) in [7, 11) is 0. The molecule has 0 amide bonds. The van der Waals surface area contributed by atoms with Crippen LogP contribution in [-0.4, -0.2) is 71.3 Å². The lowest BCUT2D eigenvalue weighted by Gasteiger charge is -2.09. The van der Waals surface area contributed by atoms with Crippen LogP contribution < -0.4 is 5.32 Å². The monoisotopic (exact) mass is 467 g/mol. The molecule has 0 aliphatic rings. The maximum atomic E-state index is 12.0. The molecule has 0 saturated carbocycles. The number of rotatable bonds is 21. The Labute approximate surface area is 198 Å². The fourth-order valence-corrected chi connectivity index (χ4v) is 2.76. The van der Waals surface area contributed by atoms with Crippen molar-refractivity contribution >= 4 is 17.6 Å². The number of carbonyl (C=O) groups is 2. The van der Waals surface area contributed by atoms with Crippen molar-refractivity contribution in [3.8, 4) is 0 Å². The number of nitrogens with one attached hydrogen (secondary N) is 1. The third-order valence-electron chi connectivity index (χ3n) is 4.66. The Morgan fingerprint density at radius 1 is 0.697 bits per heavy atom. The van der Waals surface area contributed by atoms with Gasteiger partial charge in [-0.25, -0.2) is 4.79 Å². The first-order valence-corrected chi connectivity index (χ1v) is 12.1. The predicted molar refractivity (Wildman–Crippen MR) is 128 cm³/mol. The van der Waals surface area contributed by atoms with E-state index in [2.05, 4.69) is 19.2 Å². The van der Waals surface area contributed by atoms with E-state index in [1.54, 1.807) is 12.1 Å². The van der Waals surface area contributed by atoms with Crippen LogP contribution in [0.2, 0.25) is 0 Å². The molecule has 0 saturated heterocycles. The zero-order chi connectivity index (χ0) is 24.0. The van der Waals surface area contributed by atoms with E-state index >= 15 is 0 Å². The summed E-state index contributed by atoms with van der Waals surface area (Å²) < 4.78 is 26.4. The summed E-state index contributed by atoms with van der Waals surface area (Å²) in [6.07, 6.45) is 5.73. The molecule has 1 N–H and O–H groups in total. The summed E-state index contributed by atoms with van der Waals surface area (Å²) in [6, 6.07) is 7.27. The Morgan fingerprint density at radius 2 is 1.24 bits per heavy atom. The Balaban J connectivity index is 1.90. The van der Waals surface area contributed by atoms with Crippen LogP contribution >= 0.6 is 0 Å². The second kappa shape index (κ2) is 20.4. The maximum Gasteiger partial charge on any atom is 0.338 e. The highest BCUT2D eigenvalue weighted by atomic mass is 16.6. The van der Waals surface area contributed by atoms with Crippen LogP contribution in [0.3, 0.4) is 0 Å². The van der Waals surface area contributed by atoms with Crippen LogP contribution in [0.4, 0.5) is 5.69 Å². The number of carbonyl (C=O) groups excluding carboxylic acids is 2. The molecular weight excluding hydrogens is 426 g/mol. The zero-order valence-corrected chi connectivity index (χ0v) is 20.3. The SMILES string of the molecule is CCCCCC(=O)OCCOCCOCCOCCOC(=O)c1ccc(NCCCC)cc1. The van der Waals surface area contributed by atoms with Crippen molar-refractivity contribution in [2.24, 2.45) is 0 Å². The standard InChI is InChI=1S/C25H41NO7/c1-3-5-7-8-24(27)32-20-18-30-16-14-29-15-17-31-19-21-33-25(28)22-9-11-23(12-10-22)26-13-6-4-2/h9-12,26H,3-8,13-21H2,1-2H3. The van der Waals surface area contributed by atoms with Gasteiger partial charge in [0, 0.05) is 18.7 Å². The van der Waals surface area contributed by atoms with E-state index in [1.807, 2.05) is 12.1 Å². The van der Waals surface area contributed by atoms with Gasteiger partial charge in [-0.3, -0.25) is 4.79 Å². The molecular formula is C25H41NO7. The quantitative estimate of drug-likeness (QED) is 0.212. The van der Waals surface area contributed by atoms with Crippen molar-refractivity contribution in [1.29, 1.82) is 0 Å². The molecule has 8 heteroatoms. The van der Waals surface area contributed by atoms with Gasteiger partial charge in [0.15, 0.2) is 0 Å². The van der Waals surface area contributed by atoms with Gasteiger partial charge in [-0.2, -0.15) is 0 Å². The van der Waals surface area contributed by atoms with Crippen LogP contribution in [0.25, 0.3) is 0 Å². The van der Waals surface area contributed by atoms with Gasteiger partial charge in [0.25, 0.3) is 0 Å². The second-order valence-corrected chi connectivity index (χ2v) is 7.51. The number of hydrogen-bond acceptors (Lipinski definition) is 8. The van der Waals surface area contributed by atoms with Gasteiger partial charge in [0.2, 0.25) is 0 Å². The van der Waals surface area contributed by atoms with Gasteiger partial charge in [0.1, 0.15) is 13.2 Å². The molecule has 0 fully saturated rings. The predicted octanol–water partition coefficient (Wildman–Crippen LogP) is 4.23. The fourth-order valence-electron chi connectivity index (χ4n) is 2.76. The highest BCUT2D eigenvalue weighted by Gasteiger charge is 2.06. The lowest BCUT2D eigenvalue weighted by Crippen LogP contribution is -2.15. The van der Waals surface area contributed by atoms with E-state index in [0.717, 1.165) is 44.3 Å². The van der Waals surface area contributed by atoms with E-state index in [0.29, 0.717) is 51.6 Å². The first-order chi connectivity index (χ1) is 16.2. The van der Waals surface area contributed by atoms with Crippen LogP contribution in [0.5, 0.6) is 0 Å². The Kier molecular flexibility index (Phi) is 17.9. The molecule has 0 heterocycles. The first kappa shape index (κ1) is 28.9. The summed E-state index contributed by atoms with van der Waals surface area (Å²) in [4.78, 5) is 23.4. The summed E-state index contributed by atoms with van der Waals surface area (Å²) in [5.74, 6) is -0.530. The van der Waals surface area contributed by atoms with Crippen molar-refractivity contribution in [2.45, 2.75) is 52.4 Å². The van der Waals surface area contributed by atoms with Crippen LogP contribution in [0, 0.1) is 0 Å². The Bertz CT molecular complexity index is 622. The molecule has 0 aliphatic carbocycles. The average molecular weight is 468 g/mol. The number of benzene rings is 1. The molecule has 0 unspecified atom stereocenters. The fraction of sp³-hybridized carbons (Fsp3) is 0.680. The molecule has 1 aromatic rings. The van der Waals surface area contributed by atoms with Crippen molar-refractivity contribution < 1.29 is 33.3 Å². The van der Waals surface area contributed by atoms with Crippen molar-refractivity contribution in [2.75, 3.05) is 64.7 Å². The van der Waals surface area contributed by atoms with Gasteiger partial charge < -0.3 is 29.0 Å². The Hall–Kier alpha value is -2.16. The van der Waals surface area contributed by atoms with Crippen LogP contribution in [0.1, 0.15) is 62.7 Å². The molecule has 0 atom stereocenters. The lowest BCUT2D eigenvalue weighted by atomic mass is 10.2. The maximum absolute atomic E-state index is 12.0. The molecule has 188 valence electrons. The van der Waals surface area contributed by atoms with E-state index in [9.17, 15) is 9.59 Å². The molecule has 0 spiro atoms.